The van der Waals surface area contributed by atoms with E-state index in [4.69, 9.17) is 22.1 Å². The van der Waals surface area contributed by atoms with Crippen LogP contribution in [0.5, 0.6) is 5.88 Å². The maximum absolute atomic E-state index is 13.3. The molecule has 88 valence electrons. The number of anilines is 1. The van der Waals surface area contributed by atoms with Crippen LogP contribution in [-0.2, 0) is 0 Å². The predicted molar refractivity (Wildman–Crippen MR) is 65.6 cm³/mol. The topological polar surface area (TPSA) is 48.1 Å². The number of benzene rings is 1. The smallest absolute Gasteiger partial charge is 0.212 e. The fourth-order valence-corrected chi connectivity index (χ4v) is 1.69. The minimum Gasteiger partial charge on any atom is -0.481 e. The van der Waals surface area contributed by atoms with Gasteiger partial charge in [0.05, 0.1) is 17.8 Å². The molecule has 2 rings (SSSR count). The summed E-state index contributed by atoms with van der Waals surface area (Å²) in [4.78, 5) is 4.03. The van der Waals surface area contributed by atoms with Gasteiger partial charge >= 0.3 is 0 Å². The summed E-state index contributed by atoms with van der Waals surface area (Å²) >= 11 is 5.82. The summed E-state index contributed by atoms with van der Waals surface area (Å²) in [6.07, 6.45) is 1.56. The lowest BCUT2D eigenvalue weighted by Crippen LogP contribution is -1.94. The predicted octanol–water partition coefficient (Wildman–Crippen LogP) is 3.13. The third-order valence-electron chi connectivity index (χ3n) is 2.35. The van der Waals surface area contributed by atoms with E-state index in [0.717, 1.165) is 0 Å². The highest BCUT2D eigenvalue weighted by Crippen LogP contribution is 2.32. The van der Waals surface area contributed by atoms with Crippen molar-refractivity contribution in [3.05, 3.63) is 41.3 Å². The van der Waals surface area contributed by atoms with Crippen molar-refractivity contribution in [1.29, 1.82) is 0 Å². The number of hydrogen-bond donors (Lipinski definition) is 1. The first-order valence-corrected chi connectivity index (χ1v) is 5.24. The molecule has 2 N–H and O–H groups in total. The molecule has 3 nitrogen and oxygen atoms in total. The van der Waals surface area contributed by atoms with Gasteiger partial charge in [0.25, 0.3) is 0 Å². The minimum atomic E-state index is -0.435. The van der Waals surface area contributed by atoms with Crippen molar-refractivity contribution in [2.75, 3.05) is 12.8 Å². The van der Waals surface area contributed by atoms with Crippen LogP contribution in [0.3, 0.4) is 0 Å². The van der Waals surface area contributed by atoms with Gasteiger partial charge in [-0.15, -0.1) is 0 Å². The maximum Gasteiger partial charge on any atom is 0.212 e. The third-order valence-corrected chi connectivity index (χ3v) is 2.66. The Bertz CT molecular complexity index is 543. The molecule has 0 spiro atoms. The molecule has 0 saturated carbocycles. The van der Waals surface area contributed by atoms with Gasteiger partial charge in [0.2, 0.25) is 5.88 Å². The molecule has 1 aromatic carbocycles. The van der Waals surface area contributed by atoms with Gasteiger partial charge < -0.3 is 10.5 Å². The molecule has 0 atom stereocenters. The molecule has 1 heterocycles. The van der Waals surface area contributed by atoms with Crippen LogP contribution in [0.1, 0.15) is 0 Å². The first-order valence-electron chi connectivity index (χ1n) is 4.86. The van der Waals surface area contributed by atoms with Crippen LogP contribution in [-0.4, -0.2) is 12.1 Å². The van der Waals surface area contributed by atoms with Crippen molar-refractivity contribution in [2.24, 2.45) is 0 Å². The number of nitrogens with two attached hydrogens (primary N) is 1. The van der Waals surface area contributed by atoms with Crippen molar-refractivity contribution in [3.63, 3.8) is 0 Å². The van der Waals surface area contributed by atoms with Crippen molar-refractivity contribution >= 4 is 17.3 Å². The molecule has 17 heavy (non-hydrogen) atoms. The molecule has 1 aromatic heterocycles. The van der Waals surface area contributed by atoms with Gasteiger partial charge in [-0.1, -0.05) is 11.6 Å². The molecule has 5 heteroatoms. The fourth-order valence-electron chi connectivity index (χ4n) is 1.48. The van der Waals surface area contributed by atoms with Gasteiger partial charge in [0.15, 0.2) is 0 Å². The quantitative estimate of drug-likeness (QED) is 0.836. The van der Waals surface area contributed by atoms with Gasteiger partial charge in [0, 0.05) is 23.4 Å². The zero-order chi connectivity index (χ0) is 12.4. The summed E-state index contributed by atoms with van der Waals surface area (Å²) < 4.78 is 18.2. The Labute approximate surface area is 103 Å². The van der Waals surface area contributed by atoms with Crippen molar-refractivity contribution in [2.45, 2.75) is 0 Å². The van der Waals surface area contributed by atoms with E-state index in [1.807, 2.05) is 0 Å². The highest BCUT2D eigenvalue weighted by molar-refractivity contribution is 6.33. The first-order chi connectivity index (χ1) is 8.11. The normalized spacial score (nSPS) is 10.3. The number of rotatable bonds is 2. The number of hydrogen-bond acceptors (Lipinski definition) is 3. The number of aromatic nitrogens is 1. The van der Waals surface area contributed by atoms with Crippen molar-refractivity contribution < 1.29 is 9.13 Å². The second kappa shape index (κ2) is 4.59. The molecule has 0 aliphatic carbocycles. The molecule has 0 unspecified atom stereocenters. The summed E-state index contributed by atoms with van der Waals surface area (Å²) in [6, 6.07) is 5.92. The van der Waals surface area contributed by atoms with Gasteiger partial charge in [-0.3, -0.25) is 0 Å². The molecule has 0 amide bonds. The second-order valence-corrected chi connectivity index (χ2v) is 3.85. The van der Waals surface area contributed by atoms with Crippen LogP contribution in [0.15, 0.2) is 30.5 Å². The summed E-state index contributed by atoms with van der Waals surface area (Å²) in [5.41, 5.74) is 7.33. The second-order valence-electron chi connectivity index (χ2n) is 3.44. The Morgan fingerprint density at radius 1 is 1.35 bits per heavy atom. The standard InChI is InChI=1S/C12H10ClFN2O/c1-17-11-3-2-7(6-16-11)9-4-8(14)5-10(13)12(9)15/h2-6H,15H2,1H3. The molecule has 0 saturated heterocycles. The number of nitrogens with zero attached hydrogens (tertiary/aromatic N) is 1. The zero-order valence-electron chi connectivity index (χ0n) is 9.08. The van der Waals surface area contributed by atoms with Crippen LogP contribution in [0.2, 0.25) is 5.02 Å². The monoisotopic (exact) mass is 252 g/mol. The highest BCUT2D eigenvalue weighted by atomic mass is 35.5. The largest absolute Gasteiger partial charge is 0.481 e. The lowest BCUT2D eigenvalue weighted by Gasteiger charge is -2.08. The number of halogens is 2. The Kier molecular flexibility index (Phi) is 3.15. The van der Waals surface area contributed by atoms with E-state index in [2.05, 4.69) is 4.98 Å². The number of nitrogen functional groups attached to an aromatic ring is 1. The lowest BCUT2D eigenvalue weighted by molar-refractivity contribution is 0.398. The number of pyridine rings is 1. The van der Waals surface area contributed by atoms with Crippen LogP contribution in [0, 0.1) is 5.82 Å². The molecule has 0 aliphatic heterocycles. The Hall–Kier alpha value is -1.81. The van der Waals surface area contributed by atoms with Gasteiger partial charge in [-0.05, 0) is 18.2 Å². The van der Waals surface area contributed by atoms with E-state index >= 15 is 0 Å². The Balaban J connectivity index is 2.52. The van der Waals surface area contributed by atoms with Crippen molar-refractivity contribution in [3.8, 4) is 17.0 Å². The van der Waals surface area contributed by atoms with E-state index < -0.39 is 5.82 Å². The summed E-state index contributed by atoms with van der Waals surface area (Å²) in [5.74, 6) is 0.0461. The average Bonchev–Trinajstić information content (AvgIpc) is 2.34. The molecule has 0 bridgehead atoms. The van der Waals surface area contributed by atoms with E-state index in [1.165, 1.54) is 19.2 Å². The molecular formula is C12H10ClFN2O. The molecule has 0 aliphatic rings. The van der Waals surface area contributed by atoms with Crippen molar-refractivity contribution in [1.82, 2.24) is 4.98 Å². The van der Waals surface area contributed by atoms with Gasteiger partial charge in [-0.2, -0.15) is 0 Å². The van der Waals surface area contributed by atoms with E-state index in [0.29, 0.717) is 22.7 Å². The van der Waals surface area contributed by atoms with Gasteiger partial charge in [0.1, 0.15) is 5.82 Å². The maximum atomic E-state index is 13.3. The number of methoxy groups -OCH3 is 1. The van der Waals surface area contributed by atoms with Crippen LogP contribution in [0.25, 0.3) is 11.1 Å². The van der Waals surface area contributed by atoms with E-state index in [1.54, 1.807) is 18.3 Å². The molecule has 0 fully saturated rings. The first kappa shape index (κ1) is 11.7. The van der Waals surface area contributed by atoms with E-state index in [9.17, 15) is 4.39 Å². The van der Waals surface area contributed by atoms with Gasteiger partial charge in [-0.25, -0.2) is 9.37 Å². The summed E-state index contributed by atoms with van der Waals surface area (Å²) in [7, 11) is 1.52. The van der Waals surface area contributed by atoms with E-state index in [-0.39, 0.29) is 5.02 Å². The molecule has 0 radical (unpaired) electrons. The zero-order valence-corrected chi connectivity index (χ0v) is 9.83. The summed E-state index contributed by atoms with van der Waals surface area (Å²) in [6.45, 7) is 0. The van der Waals surface area contributed by atoms with Crippen LogP contribution >= 0.6 is 11.6 Å². The Morgan fingerprint density at radius 3 is 2.71 bits per heavy atom. The highest BCUT2D eigenvalue weighted by Gasteiger charge is 2.09. The SMILES string of the molecule is COc1ccc(-c2cc(F)cc(Cl)c2N)cn1. The molecule has 2 aromatic rings. The fraction of sp³-hybridized carbons (Fsp3) is 0.0833. The number of ether oxygens (including phenoxy) is 1. The average molecular weight is 253 g/mol. The lowest BCUT2D eigenvalue weighted by atomic mass is 10.1. The Morgan fingerprint density at radius 2 is 2.12 bits per heavy atom. The van der Waals surface area contributed by atoms with Crippen LogP contribution in [0.4, 0.5) is 10.1 Å². The third kappa shape index (κ3) is 2.31. The molecular weight excluding hydrogens is 243 g/mol. The van der Waals surface area contributed by atoms with Crippen LogP contribution < -0.4 is 10.5 Å². The minimum absolute atomic E-state index is 0.191. The summed E-state index contributed by atoms with van der Waals surface area (Å²) in [5, 5.41) is 0.191.